The number of carboxylic acid groups (broad SMARTS) is 1. The van der Waals surface area contributed by atoms with E-state index in [2.05, 4.69) is 13.8 Å². The van der Waals surface area contributed by atoms with Gasteiger partial charge in [-0.15, -0.1) is 0 Å². The van der Waals surface area contributed by atoms with Crippen LogP contribution >= 0.6 is 11.6 Å². The van der Waals surface area contributed by atoms with Crippen molar-refractivity contribution in [3.05, 3.63) is 88.9 Å². The van der Waals surface area contributed by atoms with Gasteiger partial charge in [-0.2, -0.15) is 0 Å². The first kappa shape index (κ1) is 23.8. The lowest BCUT2D eigenvalue weighted by molar-refractivity contribution is -0.141. The van der Waals surface area contributed by atoms with Gasteiger partial charge in [0.05, 0.1) is 12.6 Å². The Hall–Kier alpha value is -3.31. The van der Waals surface area contributed by atoms with Gasteiger partial charge < -0.3 is 14.7 Å². The summed E-state index contributed by atoms with van der Waals surface area (Å²) in [4.78, 5) is 27.0. The molecule has 1 saturated heterocycles. The van der Waals surface area contributed by atoms with Crippen molar-refractivity contribution in [2.24, 2.45) is 5.92 Å². The summed E-state index contributed by atoms with van der Waals surface area (Å²) in [6.07, 6.45) is 0.931. The lowest BCUT2D eigenvalue weighted by Crippen LogP contribution is -2.41. The molecule has 1 fully saturated rings. The van der Waals surface area contributed by atoms with E-state index in [1.165, 1.54) is 4.90 Å². The Morgan fingerprint density at radius 1 is 1.00 bits per heavy atom. The first-order valence-electron chi connectivity index (χ1n) is 11.5. The maximum atomic E-state index is 13.5. The molecule has 0 unspecified atom stereocenters. The molecule has 3 aromatic carbocycles. The van der Waals surface area contributed by atoms with Crippen LogP contribution in [0.4, 0.5) is 0 Å². The molecule has 176 valence electrons. The van der Waals surface area contributed by atoms with Gasteiger partial charge in [-0.05, 0) is 54.2 Å². The molecule has 1 heterocycles. The summed E-state index contributed by atoms with van der Waals surface area (Å²) in [5.74, 6) is -0.122. The number of carboxylic acids is 1. The number of carbonyl (C=O) groups is 2. The molecule has 1 amide bonds. The number of para-hydroxylation sites is 1. The fraction of sp³-hybridized carbons (Fsp3) is 0.286. The molecular formula is C28H28ClNO4. The minimum absolute atomic E-state index is 0.314. The van der Waals surface area contributed by atoms with Crippen molar-refractivity contribution < 1.29 is 19.4 Å². The highest BCUT2D eigenvalue weighted by molar-refractivity contribution is 6.31. The number of nitrogens with zero attached hydrogens (tertiary/aromatic N) is 1. The Morgan fingerprint density at radius 3 is 2.35 bits per heavy atom. The third-order valence-electron chi connectivity index (χ3n) is 6.07. The lowest BCUT2D eigenvalue weighted by Gasteiger charge is -2.29. The lowest BCUT2D eigenvalue weighted by atomic mass is 10.0. The molecule has 2 atom stereocenters. The van der Waals surface area contributed by atoms with Gasteiger partial charge in [-0.1, -0.05) is 74.0 Å². The summed E-state index contributed by atoms with van der Waals surface area (Å²) in [5.41, 5.74) is 3.08. The van der Waals surface area contributed by atoms with Crippen LogP contribution in [0.15, 0.2) is 72.8 Å². The molecule has 34 heavy (non-hydrogen) atoms. The molecule has 6 heteroatoms. The van der Waals surface area contributed by atoms with Crippen molar-refractivity contribution >= 4 is 23.5 Å². The zero-order chi connectivity index (χ0) is 24.2. The molecule has 0 bridgehead atoms. The smallest absolute Gasteiger partial charge is 0.326 e. The molecule has 1 aliphatic heterocycles. The number of carbonyl (C=O) groups excluding carboxylic acids is 1. The Bertz CT molecular complexity index is 1180. The van der Waals surface area contributed by atoms with E-state index in [4.69, 9.17) is 16.3 Å². The van der Waals surface area contributed by atoms with Crippen LogP contribution in [0.1, 0.15) is 48.7 Å². The summed E-state index contributed by atoms with van der Waals surface area (Å²) in [7, 11) is 0. The molecule has 0 spiro atoms. The number of halogens is 1. The molecule has 4 rings (SSSR count). The van der Waals surface area contributed by atoms with E-state index in [9.17, 15) is 14.7 Å². The third-order valence-corrected chi connectivity index (χ3v) is 6.42. The average Bonchev–Trinajstić information content (AvgIpc) is 3.28. The van der Waals surface area contributed by atoms with Gasteiger partial charge in [-0.3, -0.25) is 4.79 Å². The second-order valence-corrected chi connectivity index (χ2v) is 9.37. The first-order chi connectivity index (χ1) is 16.4. The fourth-order valence-corrected chi connectivity index (χ4v) is 4.68. The Kier molecular flexibility index (Phi) is 7.23. The van der Waals surface area contributed by atoms with Crippen LogP contribution in [-0.2, 0) is 4.79 Å². The monoisotopic (exact) mass is 477 g/mol. The van der Waals surface area contributed by atoms with Gasteiger partial charge >= 0.3 is 5.97 Å². The van der Waals surface area contributed by atoms with Crippen molar-refractivity contribution in [2.75, 3.05) is 6.61 Å². The van der Waals surface area contributed by atoms with Gasteiger partial charge in [0.15, 0.2) is 0 Å². The summed E-state index contributed by atoms with van der Waals surface area (Å²) in [6.45, 7) is 4.81. The van der Waals surface area contributed by atoms with Crippen molar-refractivity contribution in [3.63, 3.8) is 0 Å². The highest BCUT2D eigenvalue weighted by Gasteiger charge is 2.42. The van der Waals surface area contributed by atoms with Gasteiger partial charge in [0, 0.05) is 16.1 Å². The maximum absolute atomic E-state index is 13.5. The Labute approximate surface area is 204 Å². The average molecular weight is 478 g/mol. The van der Waals surface area contributed by atoms with E-state index in [-0.39, 0.29) is 11.9 Å². The van der Waals surface area contributed by atoms with Crippen molar-refractivity contribution in [2.45, 2.75) is 38.8 Å². The number of aliphatic carboxylic acids is 1. The normalized spacial score (nSPS) is 17.7. The second-order valence-electron chi connectivity index (χ2n) is 8.96. The van der Waals surface area contributed by atoms with Gasteiger partial charge in [0.1, 0.15) is 11.8 Å². The molecule has 5 nitrogen and oxygen atoms in total. The number of amides is 1. The Balaban J connectivity index is 1.63. The van der Waals surface area contributed by atoms with E-state index in [0.29, 0.717) is 36.0 Å². The number of hydrogen-bond acceptors (Lipinski definition) is 3. The van der Waals surface area contributed by atoms with Crippen molar-refractivity contribution in [1.29, 1.82) is 0 Å². The maximum Gasteiger partial charge on any atom is 0.326 e. The van der Waals surface area contributed by atoms with E-state index in [1.54, 1.807) is 18.2 Å². The van der Waals surface area contributed by atoms with Crippen LogP contribution < -0.4 is 4.74 Å². The van der Waals surface area contributed by atoms with E-state index < -0.39 is 12.0 Å². The van der Waals surface area contributed by atoms with Crippen LogP contribution in [0.3, 0.4) is 0 Å². The minimum atomic E-state index is -1.00. The van der Waals surface area contributed by atoms with Crippen LogP contribution in [0.5, 0.6) is 5.75 Å². The van der Waals surface area contributed by atoms with Crippen LogP contribution in [0.2, 0.25) is 5.02 Å². The molecule has 3 aromatic rings. The molecule has 1 aliphatic rings. The van der Waals surface area contributed by atoms with E-state index in [0.717, 1.165) is 22.4 Å². The zero-order valence-electron chi connectivity index (χ0n) is 19.3. The van der Waals surface area contributed by atoms with E-state index in [1.807, 2.05) is 54.6 Å². The number of likely N-dealkylation sites (tertiary alicyclic amines) is 1. The highest BCUT2D eigenvalue weighted by atomic mass is 35.5. The van der Waals surface area contributed by atoms with E-state index >= 15 is 0 Å². The third kappa shape index (κ3) is 4.95. The second kappa shape index (κ2) is 10.3. The highest BCUT2D eigenvalue weighted by Crippen LogP contribution is 2.40. The van der Waals surface area contributed by atoms with Gasteiger partial charge in [0.25, 0.3) is 5.91 Å². The summed E-state index contributed by atoms with van der Waals surface area (Å²) < 4.78 is 5.97. The molecule has 0 aliphatic carbocycles. The first-order valence-corrected chi connectivity index (χ1v) is 11.9. The van der Waals surface area contributed by atoms with Gasteiger partial charge in [0.2, 0.25) is 0 Å². The molecule has 0 aromatic heterocycles. The van der Waals surface area contributed by atoms with Crippen LogP contribution in [0, 0.1) is 5.92 Å². The van der Waals surface area contributed by atoms with Crippen molar-refractivity contribution in [1.82, 2.24) is 4.90 Å². The number of ether oxygens (including phenoxy) is 1. The Morgan fingerprint density at radius 2 is 1.68 bits per heavy atom. The molecule has 0 saturated carbocycles. The molecule has 1 N–H and O–H groups in total. The number of hydrogen-bond donors (Lipinski definition) is 1. The van der Waals surface area contributed by atoms with Crippen LogP contribution in [0.25, 0.3) is 11.1 Å². The topological polar surface area (TPSA) is 66.8 Å². The zero-order valence-corrected chi connectivity index (χ0v) is 20.0. The predicted octanol–water partition coefficient (Wildman–Crippen LogP) is 6.47. The summed E-state index contributed by atoms with van der Waals surface area (Å²) in [6, 6.07) is 21.1. The van der Waals surface area contributed by atoms with Crippen LogP contribution in [-0.4, -0.2) is 34.5 Å². The molecule has 0 radical (unpaired) electrons. The van der Waals surface area contributed by atoms with Gasteiger partial charge in [-0.25, -0.2) is 4.79 Å². The SMILES string of the molecule is CC(C)COc1ccccc1-c1ccc(C(=O)N2[C@@H](c3ccccc3Cl)CC[C@H]2C(=O)O)cc1. The summed E-state index contributed by atoms with van der Waals surface area (Å²) >= 11 is 6.40. The number of rotatable bonds is 7. The fourth-order valence-electron chi connectivity index (χ4n) is 4.42. The minimum Gasteiger partial charge on any atom is -0.493 e. The quantitative estimate of drug-likeness (QED) is 0.423. The standard InChI is InChI=1S/C28H28ClNO4/c1-18(2)17-34-26-10-6-4-7-21(26)19-11-13-20(14-12-19)27(31)30-24(15-16-25(30)28(32)33)22-8-3-5-9-23(22)29/h3-14,18,24-25H,15-17H2,1-2H3,(H,32,33)/t24-,25+/m1/s1. The predicted molar refractivity (Wildman–Crippen MR) is 133 cm³/mol. The molecular weight excluding hydrogens is 450 g/mol. The largest absolute Gasteiger partial charge is 0.493 e. The summed E-state index contributed by atoms with van der Waals surface area (Å²) in [5, 5.41) is 10.3. The number of benzene rings is 3. The van der Waals surface area contributed by atoms with Crippen molar-refractivity contribution in [3.8, 4) is 16.9 Å².